The maximum absolute atomic E-state index is 4.56. The number of aromatic nitrogens is 1. The molecule has 19 heavy (non-hydrogen) atoms. The number of rotatable bonds is 6. The Balaban J connectivity index is 1.82. The Kier molecular flexibility index (Phi) is 5.60. The molecule has 2 rings (SSSR count). The van der Waals surface area contributed by atoms with E-state index < -0.39 is 0 Å². The van der Waals surface area contributed by atoms with Crippen molar-refractivity contribution >= 4 is 16.5 Å². The van der Waals surface area contributed by atoms with Crippen molar-refractivity contribution in [2.45, 2.75) is 27.3 Å². The number of anilines is 1. The van der Waals surface area contributed by atoms with Gasteiger partial charge in [-0.05, 0) is 12.5 Å². The van der Waals surface area contributed by atoms with E-state index in [-0.39, 0.29) is 0 Å². The summed E-state index contributed by atoms with van der Waals surface area (Å²) in [5, 5.41) is 4.54. The molecule has 0 radical (unpaired) electrons. The molecule has 1 aromatic rings. The topological polar surface area (TPSA) is 31.4 Å². The van der Waals surface area contributed by atoms with Gasteiger partial charge in [-0.25, -0.2) is 4.98 Å². The number of nitrogens with one attached hydrogen (secondary N) is 1. The predicted octanol–water partition coefficient (Wildman–Crippen LogP) is 2.03. The zero-order valence-electron chi connectivity index (χ0n) is 12.4. The maximum Gasteiger partial charge on any atom is 0.185 e. The van der Waals surface area contributed by atoms with Gasteiger partial charge in [-0.2, -0.15) is 0 Å². The van der Waals surface area contributed by atoms with Crippen LogP contribution in [0.4, 0.5) is 5.13 Å². The first-order chi connectivity index (χ1) is 9.19. The molecule has 0 atom stereocenters. The van der Waals surface area contributed by atoms with Crippen LogP contribution < -0.4 is 10.2 Å². The zero-order chi connectivity index (χ0) is 13.7. The van der Waals surface area contributed by atoms with Crippen LogP contribution in [0.15, 0.2) is 6.20 Å². The lowest BCUT2D eigenvalue weighted by molar-refractivity contribution is 0.231. The van der Waals surface area contributed by atoms with E-state index in [1.54, 1.807) is 0 Å². The molecule has 0 bridgehead atoms. The van der Waals surface area contributed by atoms with Gasteiger partial charge in [0.1, 0.15) is 0 Å². The summed E-state index contributed by atoms with van der Waals surface area (Å²) in [7, 11) is 0. The molecule has 1 aliphatic heterocycles. The quantitative estimate of drug-likeness (QED) is 0.865. The summed E-state index contributed by atoms with van der Waals surface area (Å²) < 4.78 is 0. The molecule has 1 aliphatic rings. The van der Waals surface area contributed by atoms with Gasteiger partial charge in [0.15, 0.2) is 5.13 Å². The van der Waals surface area contributed by atoms with Crippen LogP contribution in [0.5, 0.6) is 0 Å². The number of piperazine rings is 1. The Morgan fingerprint density at radius 1 is 1.32 bits per heavy atom. The van der Waals surface area contributed by atoms with Crippen LogP contribution in [0.3, 0.4) is 0 Å². The van der Waals surface area contributed by atoms with Crippen molar-refractivity contribution < 1.29 is 0 Å². The first-order valence-electron chi connectivity index (χ1n) is 7.31. The second-order valence-electron chi connectivity index (χ2n) is 5.57. The fraction of sp³-hybridized carbons (Fsp3) is 0.786. The third kappa shape index (κ3) is 4.44. The summed E-state index contributed by atoms with van der Waals surface area (Å²) >= 11 is 1.83. The Morgan fingerprint density at radius 3 is 2.68 bits per heavy atom. The van der Waals surface area contributed by atoms with Crippen LogP contribution in [0.1, 0.15) is 25.6 Å². The number of hydrogen-bond donors (Lipinski definition) is 1. The van der Waals surface area contributed by atoms with E-state index in [1.807, 2.05) is 17.5 Å². The monoisotopic (exact) mass is 282 g/mol. The molecule has 5 heteroatoms. The van der Waals surface area contributed by atoms with E-state index in [0.717, 1.165) is 32.1 Å². The fourth-order valence-corrected chi connectivity index (χ4v) is 3.34. The lowest BCUT2D eigenvalue weighted by Gasteiger charge is -2.35. The Bertz CT molecular complexity index is 369. The summed E-state index contributed by atoms with van der Waals surface area (Å²) in [5.74, 6) is 0.762. The maximum atomic E-state index is 4.56. The van der Waals surface area contributed by atoms with E-state index in [4.69, 9.17) is 0 Å². The molecule has 108 valence electrons. The van der Waals surface area contributed by atoms with Crippen molar-refractivity contribution in [3.8, 4) is 0 Å². The minimum Gasteiger partial charge on any atom is -0.346 e. The van der Waals surface area contributed by atoms with E-state index >= 15 is 0 Å². The summed E-state index contributed by atoms with van der Waals surface area (Å²) in [5.41, 5.74) is 0. The Morgan fingerprint density at radius 2 is 2.05 bits per heavy atom. The van der Waals surface area contributed by atoms with Gasteiger partial charge in [0.05, 0.1) is 0 Å². The number of nitrogens with zero attached hydrogens (tertiary/aromatic N) is 3. The second kappa shape index (κ2) is 7.22. The van der Waals surface area contributed by atoms with Gasteiger partial charge in [0, 0.05) is 50.3 Å². The molecule has 1 N–H and O–H groups in total. The lowest BCUT2D eigenvalue weighted by Crippen LogP contribution is -2.47. The van der Waals surface area contributed by atoms with Gasteiger partial charge < -0.3 is 10.2 Å². The van der Waals surface area contributed by atoms with Crippen molar-refractivity contribution in [2.75, 3.05) is 44.2 Å². The first kappa shape index (κ1) is 14.8. The van der Waals surface area contributed by atoms with Crippen molar-refractivity contribution in [1.29, 1.82) is 0 Å². The van der Waals surface area contributed by atoms with E-state index in [9.17, 15) is 0 Å². The molecule has 1 aromatic heterocycles. The van der Waals surface area contributed by atoms with Crippen LogP contribution in [0.2, 0.25) is 0 Å². The number of hydrogen-bond acceptors (Lipinski definition) is 5. The van der Waals surface area contributed by atoms with Gasteiger partial charge in [0.25, 0.3) is 0 Å². The fourth-order valence-electron chi connectivity index (χ4n) is 2.41. The highest BCUT2D eigenvalue weighted by atomic mass is 32.1. The standard InChI is InChI=1S/C14H26N4S/c1-4-15-9-13-10-16-14(19-13)18-7-5-17(6-8-18)11-12(2)3/h10,12,15H,4-9,11H2,1-3H3. The lowest BCUT2D eigenvalue weighted by atomic mass is 10.2. The third-order valence-corrected chi connectivity index (χ3v) is 4.41. The van der Waals surface area contributed by atoms with Gasteiger partial charge in [-0.3, -0.25) is 4.90 Å². The second-order valence-corrected chi connectivity index (χ2v) is 6.66. The van der Waals surface area contributed by atoms with Gasteiger partial charge >= 0.3 is 0 Å². The van der Waals surface area contributed by atoms with E-state index in [0.29, 0.717) is 0 Å². The van der Waals surface area contributed by atoms with Gasteiger partial charge in [-0.1, -0.05) is 20.8 Å². The minimum absolute atomic E-state index is 0.762. The van der Waals surface area contributed by atoms with Gasteiger partial charge in [0.2, 0.25) is 0 Å². The smallest absolute Gasteiger partial charge is 0.185 e. The van der Waals surface area contributed by atoms with Crippen LogP contribution in [0, 0.1) is 5.92 Å². The highest BCUT2D eigenvalue weighted by Crippen LogP contribution is 2.23. The average molecular weight is 282 g/mol. The molecular formula is C14H26N4S. The average Bonchev–Trinajstić information content (AvgIpc) is 2.85. The molecule has 2 heterocycles. The highest BCUT2D eigenvalue weighted by molar-refractivity contribution is 7.15. The van der Waals surface area contributed by atoms with Crippen LogP contribution >= 0.6 is 11.3 Å². The molecule has 0 saturated carbocycles. The molecule has 4 nitrogen and oxygen atoms in total. The van der Waals surface area contributed by atoms with Crippen molar-refractivity contribution in [3.63, 3.8) is 0 Å². The SMILES string of the molecule is CCNCc1cnc(N2CCN(CC(C)C)CC2)s1. The van der Waals surface area contributed by atoms with Gasteiger partial charge in [-0.15, -0.1) is 11.3 Å². The molecule has 1 saturated heterocycles. The summed E-state index contributed by atoms with van der Waals surface area (Å²) in [6, 6.07) is 0. The number of thiazole rings is 1. The summed E-state index contributed by atoms with van der Waals surface area (Å²) in [6.45, 7) is 14.5. The minimum atomic E-state index is 0.762. The molecule has 0 aliphatic carbocycles. The highest BCUT2D eigenvalue weighted by Gasteiger charge is 2.19. The molecule has 0 amide bonds. The molecule has 0 unspecified atom stereocenters. The Hall–Kier alpha value is -0.650. The van der Waals surface area contributed by atoms with Crippen molar-refractivity contribution in [2.24, 2.45) is 5.92 Å². The third-order valence-electron chi connectivity index (χ3n) is 3.36. The van der Waals surface area contributed by atoms with Crippen molar-refractivity contribution in [1.82, 2.24) is 15.2 Å². The van der Waals surface area contributed by atoms with Crippen LogP contribution in [-0.2, 0) is 6.54 Å². The normalized spacial score (nSPS) is 17.4. The largest absolute Gasteiger partial charge is 0.346 e. The molecule has 0 aromatic carbocycles. The summed E-state index contributed by atoms with van der Waals surface area (Å²) in [6.07, 6.45) is 2.02. The molecular weight excluding hydrogens is 256 g/mol. The molecule has 0 spiro atoms. The zero-order valence-corrected chi connectivity index (χ0v) is 13.2. The van der Waals surface area contributed by atoms with Crippen LogP contribution in [0.25, 0.3) is 0 Å². The van der Waals surface area contributed by atoms with Crippen molar-refractivity contribution in [3.05, 3.63) is 11.1 Å². The summed E-state index contributed by atoms with van der Waals surface area (Å²) in [4.78, 5) is 10.9. The van der Waals surface area contributed by atoms with E-state index in [1.165, 1.54) is 29.6 Å². The predicted molar refractivity (Wildman–Crippen MR) is 83.0 cm³/mol. The Labute approximate surface area is 120 Å². The molecule has 1 fully saturated rings. The van der Waals surface area contributed by atoms with Crippen LogP contribution in [-0.4, -0.2) is 49.2 Å². The van der Waals surface area contributed by atoms with E-state index in [2.05, 4.69) is 40.9 Å². The first-order valence-corrected chi connectivity index (χ1v) is 8.13.